The van der Waals surface area contributed by atoms with Crippen molar-refractivity contribution in [2.24, 2.45) is 0 Å². The molecule has 0 bridgehead atoms. The van der Waals surface area contributed by atoms with Crippen LogP contribution in [0.1, 0.15) is 20.3 Å². The van der Waals surface area contributed by atoms with Crippen molar-refractivity contribution < 1.29 is 4.79 Å². The standard InChI is InChI=1S/C8H14N2OS/c1-8(2,6-9)10-7(11)4-5-12-3/h4-5H2,1-3H3,(H,10,11). The summed E-state index contributed by atoms with van der Waals surface area (Å²) in [6.07, 6.45) is 2.43. The summed E-state index contributed by atoms with van der Waals surface area (Å²) in [5, 5.41) is 11.2. The number of hydrogen-bond acceptors (Lipinski definition) is 3. The number of thioether (sulfide) groups is 1. The molecule has 0 fully saturated rings. The predicted molar refractivity (Wildman–Crippen MR) is 50.8 cm³/mol. The van der Waals surface area contributed by atoms with E-state index in [1.54, 1.807) is 25.6 Å². The van der Waals surface area contributed by atoms with Crippen molar-refractivity contribution in [3.8, 4) is 6.07 Å². The highest BCUT2D eigenvalue weighted by Gasteiger charge is 2.18. The van der Waals surface area contributed by atoms with Crippen LogP contribution in [0, 0.1) is 11.3 Å². The maximum atomic E-state index is 11.1. The van der Waals surface area contributed by atoms with Gasteiger partial charge in [0.1, 0.15) is 5.54 Å². The van der Waals surface area contributed by atoms with Gasteiger partial charge in [0.15, 0.2) is 0 Å². The summed E-state index contributed by atoms with van der Waals surface area (Å²) in [7, 11) is 0. The summed E-state index contributed by atoms with van der Waals surface area (Å²) in [5.41, 5.74) is -0.741. The number of nitriles is 1. The number of nitrogens with zero attached hydrogens (tertiary/aromatic N) is 1. The molecule has 0 saturated carbocycles. The van der Waals surface area contributed by atoms with Gasteiger partial charge in [-0.2, -0.15) is 17.0 Å². The molecule has 0 aliphatic rings. The Balaban J connectivity index is 3.78. The molecule has 0 radical (unpaired) electrons. The van der Waals surface area contributed by atoms with Gasteiger partial charge in [-0.05, 0) is 20.1 Å². The molecule has 1 N–H and O–H groups in total. The third-order valence-electron chi connectivity index (χ3n) is 1.26. The number of amides is 1. The van der Waals surface area contributed by atoms with E-state index in [0.29, 0.717) is 6.42 Å². The molecule has 0 rings (SSSR count). The molecule has 0 aliphatic heterocycles. The molecule has 4 heteroatoms. The van der Waals surface area contributed by atoms with E-state index in [4.69, 9.17) is 5.26 Å². The second-order valence-corrected chi connectivity index (χ2v) is 4.01. The monoisotopic (exact) mass is 186 g/mol. The van der Waals surface area contributed by atoms with Crippen LogP contribution in [0.4, 0.5) is 0 Å². The lowest BCUT2D eigenvalue weighted by Gasteiger charge is -2.16. The molecule has 0 aromatic heterocycles. The summed E-state index contributed by atoms with van der Waals surface area (Å²) in [6, 6.07) is 2.01. The van der Waals surface area contributed by atoms with Gasteiger partial charge in [0.2, 0.25) is 5.91 Å². The second-order valence-electron chi connectivity index (χ2n) is 3.03. The zero-order chi connectivity index (χ0) is 9.61. The first-order valence-electron chi connectivity index (χ1n) is 3.73. The van der Waals surface area contributed by atoms with Crippen LogP contribution in [0.25, 0.3) is 0 Å². The van der Waals surface area contributed by atoms with Crippen molar-refractivity contribution in [1.82, 2.24) is 5.32 Å². The minimum atomic E-state index is -0.741. The van der Waals surface area contributed by atoms with Gasteiger partial charge in [-0.3, -0.25) is 4.79 Å². The fourth-order valence-electron chi connectivity index (χ4n) is 0.634. The number of carbonyl (C=O) groups is 1. The van der Waals surface area contributed by atoms with Crippen LogP contribution < -0.4 is 5.32 Å². The van der Waals surface area contributed by atoms with E-state index in [-0.39, 0.29) is 5.91 Å². The number of carbonyl (C=O) groups excluding carboxylic acids is 1. The fraction of sp³-hybridized carbons (Fsp3) is 0.750. The fourth-order valence-corrected chi connectivity index (χ4v) is 1.02. The Morgan fingerprint density at radius 1 is 1.67 bits per heavy atom. The van der Waals surface area contributed by atoms with Crippen LogP contribution in [0.5, 0.6) is 0 Å². The highest BCUT2D eigenvalue weighted by molar-refractivity contribution is 7.98. The van der Waals surface area contributed by atoms with E-state index >= 15 is 0 Å². The Morgan fingerprint density at radius 3 is 2.67 bits per heavy atom. The van der Waals surface area contributed by atoms with Gasteiger partial charge in [0, 0.05) is 12.2 Å². The van der Waals surface area contributed by atoms with Crippen molar-refractivity contribution >= 4 is 17.7 Å². The SMILES string of the molecule is CSCCC(=O)NC(C)(C)C#N. The maximum Gasteiger partial charge on any atom is 0.222 e. The van der Waals surface area contributed by atoms with E-state index in [2.05, 4.69) is 5.32 Å². The topological polar surface area (TPSA) is 52.9 Å². The van der Waals surface area contributed by atoms with E-state index in [1.807, 2.05) is 12.3 Å². The quantitative estimate of drug-likeness (QED) is 0.716. The molecule has 3 nitrogen and oxygen atoms in total. The summed E-state index contributed by atoms with van der Waals surface area (Å²) in [6.45, 7) is 3.37. The van der Waals surface area contributed by atoms with Crippen molar-refractivity contribution in [2.45, 2.75) is 25.8 Å². The molecule has 0 heterocycles. The van der Waals surface area contributed by atoms with Crippen molar-refractivity contribution in [2.75, 3.05) is 12.0 Å². The molecular weight excluding hydrogens is 172 g/mol. The highest BCUT2D eigenvalue weighted by Crippen LogP contribution is 2.01. The Labute approximate surface area is 77.5 Å². The number of hydrogen-bond donors (Lipinski definition) is 1. The lowest BCUT2D eigenvalue weighted by molar-refractivity contribution is -0.121. The van der Waals surface area contributed by atoms with Crippen LogP contribution in [0.15, 0.2) is 0 Å². The van der Waals surface area contributed by atoms with Crippen LogP contribution in [-0.2, 0) is 4.79 Å². The van der Waals surface area contributed by atoms with E-state index in [0.717, 1.165) is 5.75 Å². The van der Waals surface area contributed by atoms with Crippen molar-refractivity contribution in [3.63, 3.8) is 0 Å². The molecule has 0 saturated heterocycles. The second kappa shape index (κ2) is 5.04. The molecule has 0 unspecified atom stereocenters. The van der Waals surface area contributed by atoms with Crippen LogP contribution in [0.3, 0.4) is 0 Å². The largest absolute Gasteiger partial charge is 0.338 e. The van der Waals surface area contributed by atoms with Crippen molar-refractivity contribution in [1.29, 1.82) is 5.26 Å². The first kappa shape index (κ1) is 11.3. The van der Waals surface area contributed by atoms with Gasteiger partial charge in [0.05, 0.1) is 6.07 Å². The van der Waals surface area contributed by atoms with Gasteiger partial charge in [0.25, 0.3) is 0 Å². The zero-order valence-electron chi connectivity index (χ0n) is 7.68. The van der Waals surface area contributed by atoms with Gasteiger partial charge >= 0.3 is 0 Å². The summed E-state index contributed by atoms with van der Waals surface area (Å²) >= 11 is 1.62. The predicted octanol–water partition coefficient (Wildman–Crippen LogP) is 1.16. The summed E-state index contributed by atoms with van der Waals surface area (Å²) in [5.74, 6) is 0.740. The molecule has 0 aliphatic carbocycles. The Bertz CT molecular complexity index is 196. The number of nitrogens with one attached hydrogen (secondary N) is 1. The molecule has 12 heavy (non-hydrogen) atoms. The Morgan fingerprint density at radius 2 is 2.25 bits per heavy atom. The molecule has 68 valence electrons. The normalized spacial score (nSPS) is 10.5. The summed E-state index contributed by atoms with van der Waals surface area (Å²) in [4.78, 5) is 11.1. The molecule has 0 atom stereocenters. The Hall–Kier alpha value is -0.690. The third kappa shape index (κ3) is 5.03. The van der Waals surface area contributed by atoms with Gasteiger partial charge in [-0.1, -0.05) is 0 Å². The highest BCUT2D eigenvalue weighted by atomic mass is 32.2. The third-order valence-corrected chi connectivity index (χ3v) is 1.88. The lowest BCUT2D eigenvalue weighted by Crippen LogP contribution is -2.42. The smallest absolute Gasteiger partial charge is 0.222 e. The van der Waals surface area contributed by atoms with Gasteiger partial charge in [-0.15, -0.1) is 0 Å². The zero-order valence-corrected chi connectivity index (χ0v) is 8.49. The van der Waals surface area contributed by atoms with Crippen molar-refractivity contribution in [3.05, 3.63) is 0 Å². The average Bonchev–Trinajstić information content (AvgIpc) is 2.00. The molecule has 0 spiro atoms. The molecule has 1 amide bonds. The first-order chi connectivity index (χ1) is 5.52. The average molecular weight is 186 g/mol. The minimum Gasteiger partial charge on any atom is -0.338 e. The lowest BCUT2D eigenvalue weighted by atomic mass is 10.1. The maximum absolute atomic E-state index is 11.1. The van der Waals surface area contributed by atoms with Crippen LogP contribution in [-0.4, -0.2) is 23.5 Å². The molecule has 0 aromatic rings. The van der Waals surface area contributed by atoms with E-state index in [9.17, 15) is 4.79 Å². The van der Waals surface area contributed by atoms with Gasteiger partial charge in [-0.25, -0.2) is 0 Å². The van der Waals surface area contributed by atoms with E-state index < -0.39 is 5.54 Å². The summed E-state index contributed by atoms with van der Waals surface area (Å²) < 4.78 is 0. The van der Waals surface area contributed by atoms with Gasteiger partial charge < -0.3 is 5.32 Å². The van der Waals surface area contributed by atoms with Crippen LogP contribution >= 0.6 is 11.8 Å². The minimum absolute atomic E-state index is 0.0594. The van der Waals surface area contributed by atoms with Crippen LogP contribution in [0.2, 0.25) is 0 Å². The Kier molecular flexibility index (Phi) is 4.75. The molecular formula is C8H14N2OS. The first-order valence-corrected chi connectivity index (χ1v) is 5.12. The number of rotatable bonds is 4. The molecule has 0 aromatic carbocycles. The van der Waals surface area contributed by atoms with E-state index in [1.165, 1.54) is 0 Å².